The minimum absolute atomic E-state index is 0.183. The molecule has 0 aliphatic carbocycles. The first-order valence-corrected chi connectivity index (χ1v) is 11.7. The van der Waals surface area contributed by atoms with Gasteiger partial charge in [-0.3, -0.25) is 4.79 Å². The largest absolute Gasteiger partial charge is 0.388 e. The molecule has 0 spiro atoms. The van der Waals surface area contributed by atoms with Crippen molar-refractivity contribution in [3.05, 3.63) is 83.8 Å². The standard InChI is InChI=1S/C26H29FN6O.2CH2O/c1-28-20-8-4-18(5-9-20)16-30-26(34)23-14-21(29-12-13-32(2)3)15-25-24(23)17-31-33(25)22-10-6-19(27)7-11-22;2*1-2/h4-11,14-15,17,28-29H,12-13,16H2,1-3H3,(H,30,34);2*1H2. The lowest BCUT2D eigenvalue weighted by Crippen LogP contribution is -2.24. The smallest absolute Gasteiger partial charge is 0.252 e. The molecule has 1 heterocycles. The molecule has 4 rings (SSSR count). The Balaban J connectivity index is 0.00000121. The van der Waals surface area contributed by atoms with Gasteiger partial charge in [-0.25, -0.2) is 9.07 Å². The molecule has 3 N–H and O–H groups in total. The molecule has 9 nitrogen and oxygen atoms in total. The van der Waals surface area contributed by atoms with Crippen molar-refractivity contribution in [2.75, 3.05) is 44.9 Å². The molecule has 0 saturated heterocycles. The van der Waals surface area contributed by atoms with Crippen molar-refractivity contribution in [2.24, 2.45) is 0 Å². The molecule has 200 valence electrons. The monoisotopic (exact) mass is 520 g/mol. The van der Waals surface area contributed by atoms with E-state index < -0.39 is 0 Å². The number of anilines is 2. The number of nitrogens with one attached hydrogen (secondary N) is 3. The molecular weight excluding hydrogens is 487 g/mol. The first-order chi connectivity index (χ1) is 18.4. The van der Waals surface area contributed by atoms with E-state index in [9.17, 15) is 9.18 Å². The molecule has 4 aromatic rings. The number of rotatable bonds is 9. The molecule has 38 heavy (non-hydrogen) atoms. The maximum absolute atomic E-state index is 13.4. The molecule has 0 bridgehead atoms. The van der Waals surface area contributed by atoms with Crippen molar-refractivity contribution in [3.8, 4) is 5.69 Å². The van der Waals surface area contributed by atoms with E-state index in [0.29, 0.717) is 12.1 Å². The van der Waals surface area contributed by atoms with E-state index in [1.54, 1.807) is 23.0 Å². The highest BCUT2D eigenvalue weighted by atomic mass is 19.1. The topological polar surface area (TPSA) is 108 Å². The van der Waals surface area contributed by atoms with Gasteiger partial charge in [0.05, 0.1) is 23.0 Å². The Morgan fingerprint density at radius 1 is 0.974 bits per heavy atom. The molecule has 1 aromatic heterocycles. The quantitative estimate of drug-likeness (QED) is 0.309. The van der Waals surface area contributed by atoms with E-state index in [0.717, 1.165) is 46.6 Å². The van der Waals surface area contributed by atoms with Crippen molar-refractivity contribution in [1.29, 1.82) is 0 Å². The van der Waals surface area contributed by atoms with Crippen LogP contribution in [-0.2, 0) is 16.1 Å². The summed E-state index contributed by atoms with van der Waals surface area (Å²) >= 11 is 0. The number of benzene rings is 3. The molecule has 0 atom stereocenters. The average molecular weight is 521 g/mol. The third-order valence-corrected chi connectivity index (χ3v) is 5.59. The first-order valence-electron chi connectivity index (χ1n) is 11.7. The van der Waals surface area contributed by atoms with Crippen LogP contribution in [0.5, 0.6) is 0 Å². The van der Waals surface area contributed by atoms with E-state index >= 15 is 0 Å². The fraction of sp³-hybridized carbons (Fsp3) is 0.214. The fourth-order valence-corrected chi connectivity index (χ4v) is 3.70. The van der Waals surface area contributed by atoms with Gasteiger partial charge in [0.25, 0.3) is 5.91 Å². The van der Waals surface area contributed by atoms with E-state index in [-0.39, 0.29) is 11.7 Å². The lowest BCUT2D eigenvalue weighted by molar-refractivity contribution is -0.0987. The zero-order chi connectivity index (χ0) is 28.1. The van der Waals surface area contributed by atoms with E-state index in [1.807, 2.05) is 71.1 Å². The summed E-state index contributed by atoms with van der Waals surface area (Å²) in [7, 11) is 5.89. The lowest BCUT2D eigenvalue weighted by Gasteiger charge is -2.14. The van der Waals surface area contributed by atoms with Crippen molar-refractivity contribution in [3.63, 3.8) is 0 Å². The van der Waals surface area contributed by atoms with Crippen molar-refractivity contribution in [2.45, 2.75) is 6.54 Å². The molecule has 0 unspecified atom stereocenters. The summed E-state index contributed by atoms with van der Waals surface area (Å²) in [6, 6.07) is 17.9. The Morgan fingerprint density at radius 2 is 1.63 bits per heavy atom. The van der Waals surface area contributed by atoms with Gasteiger partial charge in [-0.2, -0.15) is 5.10 Å². The van der Waals surface area contributed by atoms with Crippen LogP contribution in [0, 0.1) is 5.82 Å². The molecule has 0 aliphatic heterocycles. The van der Waals surface area contributed by atoms with Gasteiger partial charge in [0.1, 0.15) is 19.4 Å². The zero-order valence-electron chi connectivity index (χ0n) is 21.8. The number of carbonyl (C=O) groups excluding carboxylic acids is 3. The van der Waals surface area contributed by atoms with E-state index in [4.69, 9.17) is 9.59 Å². The lowest BCUT2D eigenvalue weighted by atomic mass is 10.1. The van der Waals surface area contributed by atoms with Crippen LogP contribution in [0.4, 0.5) is 15.8 Å². The van der Waals surface area contributed by atoms with Crippen LogP contribution >= 0.6 is 0 Å². The minimum Gasteiger partial charge on any atom is -0.388 e. The summed E-state index contributed by atoms with van der Waals surface area (Å²) in [5.74, 6) is -0.494. The molecule has 10 heteroatoms. The van der Waals surface area contributed by atoms with Gasteiger partial charge in [-0.15, -0.1) is 0 Å². The number of fused-ring (bicyclic) bond motifs is 1. The highest BCUT2D eigenvalue weighted by Gasteiger charge is 2.16. The van der Waals surface area contributed by atoms with Gasteiger partial charge in [0, 0.05) is 43.4 Å². The number of halogens is 1. The molecule has 0 radical (unpaired) electrons. The third-order valence-electron chi connectivity index (χ3n) is 5.59. The van der Waals surface area contributed by atoms with Gasteiger partial charge in [0.2, 0.25) is 0 Å². The molecule has 3 aromatic carbocycles. The van der Waals surface area contributed by atoms with Gasteiger partial charge >= 0.3 is 0 Å². The molecular formula is C28H33FN6O3. The summed E-state index contributed by atoms with van der Waals surface area (Å²) < 4.78 is 15.2. The maximum atomic E-state index is 13.4. The first kappa shape index (κ1) is 29.7. The average Bonchev–Trinajstić information content (AvgIpc) is 3.38. The second-order valence-electron chi connectivity index (χ2n) is 8.35. The number of nitrogens with zero attached hydrogens (tertiary/aromatic N) is 3. The predicted molar refractivity (Wildman–Crippen MR) is 149 cm³/mol. The van der Waals surface area contributed by atoms with Crippen LogP contribution < -0.4 is 16.0 Å². The molecule has 0 fully saturated rings. The van der Waals surface area contributed by atoms with Crippen LogP contribution in [0.15, 0.2) is 66.9 Å². The van der Waals surface area contributed by atoms with Gasteiger partial charge < -0.3 is 30.4 Å². The molecule has 0 aliphatic rings. The Kier molecular flexibility index (Phi) is 11.6. The van der Waals surface area contributed by atoms with Crippen molar-refractivity contribution < 1.29 is 18.8 Å². The van der Waals surface area contributed by atoms with Crippen LogP contribution in [0.25, 0.3) is 16.6 Å². The second kappa shape index (κ2) is 14.9. The highest BCUT2D eigenvalue weighted by Crippen LogP contribution is 2.27. The van der Waals surface area contributed by atoms with Crippen LogP contribution in [0.2, 0.25) is 0 Å². The number of amides is 1. The third kappa shape index (κ3) is 7.71. The zero-order valence-corrected chi connectivity index (χ0v) is 21.8. The molecule has 0 saturated carbocycles. The number of aromatic nitrogens is 2. The van der Waals surface area contributed by atoms with Crippen LogP contribution in [-0.4, -0.2) is 68.4 Å². The summed E-state index contributed by atoms with van der Waals surface area (Å²) in [5.41, 5.74) is 4.86. The van der Waals surface area contributed by atoms with Crippen LogP contribution in [0.3, 0.4) is 0 Å². The predicted octanol–water partition coefficient (Wildman–Crippen LogP) is 3.74. The van der Waals surface area contributed by atoms with E-state index in [1.165, 1.54) is 12.1 Å². The number of carbonyl (C=O) groups is 3. The Hall–Kier alpha value is -4.57. The summed E-state index contributed by atoms with van der Waals surface area (Å²) in [6.45, 7) is 5.98. The summed E-state index contributed by atoms with van der Waals surface area (Å²) in [6.07, 6.45) is 1.68. The number of likely N-dealkylation sites (N-methyl/N-ethyl adjacent to an activating group) is 1. The highest BCUT2D eigenvalue weighted by molar-refractivity contribution is 6.07. The van der Waals surface area contributed by atoms with Crippen molar-refractivity contribution in [1.82, 2.24) is 20.0 Å². The Labute approximate surface area is 221 Å². The van der Waals surface area contributed by atoms with Crippen molar-refractivity contribution >= 4 is 41.8 Å². The SMILES string of the molecule is C=O.C=O.CNc1ccc(CNC(=O)c2cc(NCCN(C)C)cc3c2cnn3-c2ccc(F)cc2)cc1. The van der Waals surface area contributed by atoms with E-state index in [2.05, 4.69) is 25.9 Å². The fourth-order valence-electron chi connectivity index (χ4n) is 3.70. The normalized spacial score (nSPS) is 10.1. The molecule has 1 amide bonds. The summed E-state index contributed by atoms with van der Waals surface area (Å²) in [5, 5.41) is 14.7. The second-order valence-corrected chi connectivity index (χ2v) is 8.35. The Morgan fingerprint density at radius 3 is 2.24 bits per heavy atom. The summed E-state index contributed by atoms with van der Waals surface area (Å²) in [4.78, 5) is 31.3. The van der Waals surface area contributed by atoms with Gasteiger partial charge in [-0.05, 0) is 68.2 Å². The Bertz CT molecular complexity index is 1300. The number of hydrogen-bond donors (Lipinski definition) is 3. The van der Waals surface area contributed by atoms with Crippen LogP contribution in [0.1, 0.15) is 15.9 Å². The number of hydrogen-bond acceptors (Lipinski definition) is 7. The maximum Gasteiger partial charge on any atom is 0.252 e. The minimum atomic E-state index is -0.311. The van der Waals surface area contributed by atoms with Gasteiger partial charge in [0.15, 0.2) is 0 Å². The van der Waals surface area contributed by atoms with Gasteiger partial charge in [-0.1, -0.05) is 12.1 Å².